The third-order valence-corrected chi connectivity index (χ3v) is 3.85. The zero-order chi connectivity index (χ0) is 16.4. The normalized spacial score (nSPS) is 11.2. The number of phenolic OH excluding ortho intramolecular Hbond substituents is 1. The number of furan rings is 1. The Labute approximate surface area is 144 Å². The SMILES string of the molecule is COc1cc(/C=N/n2c(-c3ccco3)n[nH]c2=S)cc(Br)c1O. The second-order valence-electron chi connectivity index (χ2n) is 4.44. The Bertz CT molecular complexity index is 915. The van der Waals surface area contributed by atoms with Crippen molar-refractivity contribution < 1.29 is 14.3 Å². The first-order valence-electron chi connectivity index (χ1n) is 6.42. The lowest BCUT2D eigenvalue weighted by Gasteiger charge is -2.06. The Morgan fingerprint density at radius 1 is 1.52 bits per heavy atom. The molecule has 0 aliphatic carbocycles. The molecule has 0 aliphatic heterocycles. The fourth-order valence-electron chi connectivity index (χ4n) is 1.91. The van der Waals surface area contributed by atoms with Gasteiger partial charge in [-0.05, 0) is 58.0 Å². The number of phenols is 1. The number of aromatic nitrogens is 3. The zero-order valence-electron chi connectivity index (χ0n) is 11.9. The van der Waals surface area contributed by atoms with Crippen molar-refractivity contribution in [2.24, 2.45) is 5.10 Å². The predicted molar refractivity (Wildman–Crippen MR) is 90.5 cm³/mol. The standard InChI is InChI=1S/C14H11BrN4O3S/c1-21-11-6-8(5-9(15)12(11)20)7-16-19-13(17-18-14(19)23)10-3-2-4-22-10/h2-7,20H,1H3,(H,18,23)/b16-7+. The molecule has 7 nitrogen and oxygen atoms in total. The first-order valence-corrected chi connectivity index (χ1v) is 7.62. The van der Waals surface area contributed by atoms with Gasteiger partial charge in [0.05, 0.1) is 24.1 Å². The van der Waals surface area contributed by atoms with E-state index in [1.54, 1.807) is 36.7 Å². The van der Waals surface area contributed by atoms with Crippen LogP contribution in [0.2, 0.25) is 0 Å². The molecular formula is C14H11BrN4O3S. The number of aromatic hydroxyl groups is 1. The van der Waals surface area contributed by atoms with E-state index in [9.17, 15) is 5.11 Å². The lowest BCUT2D eigenvalue weighted by atomic mass is 10.2. The molecule has 0 bridgehead atoms. The smallest absolute Gasteiger partial charge is 0.219 e. The molecule has 0 atom stereocenters. The molecule has 3 aromatic rings. The number of aromatic amines is 1. The summed E-state index contributed by atoms with van der Waals surface area (Å²) >= 11 is 8.44. The molecule has 2 aromatic heterocycles. The summed E-state index contributed by atoms with van der Waals surface area (Å²) < 4.78 is 12.7. The van der Waals surface area contributed by atoms with Crippen molar-refractivity contribution in [2.75, 3.05) is 7.11 Å². The van der Waals surface area contributed by atoms with Gasteiger partial charge < -0.3 is 14.3 Å². The number of nitrogens with one attached hydrogen (secondary N) is 1. The topological polar surface area (TPSA) is 88.6 Å². The highest BCUT2D eigenvalue weighted by molar-refractivity contribution is 9.10. The second-order valence-corrected chi connectivity index (χ2v) is 5.68. The number of hydrogen-bond acceptors (Lipinski definition) is 6. The molecule has 3 rings (SSSR count). The Kier molecular flexibility index (Phi) is 4.30. The third-order valence-electron chi connectivity index (χ3n) is 2.98. The molecule has 2 N–H and O–H groups in total. The molecule has 0 saturated heterocycles. The lowest BCUT2D eigenvalue weighted by Crippen LogP contribution is -1.95. The van der Waals surface area contributed by atoms with Crippen molar-refractivity contribution in [3.05, 3.63) is 45.3 Å². The van der Waals surface area contributed by atoms with E-state index in [1.165, 1.54) is 11.8 Å². The van der Waals surface area contributed by atoms with Gasteiger partial charge in [0.2, 0.25) is 10.6 Å². The maximum absolute atomic E-state index is 9.82. The van der Waals surface area contributed by atoms with Crippen LogP contribution in [0.1, 0.15) is 5.56 Å². The van der Waals surface area contributed by atoms with Gasteiger partial charge in [-0.3, -0.25) is 0 Å². The Morgan fingerprint density at radius 2 is 2.35 bits per heavy atom. The Hall–Kier alpha value is -2.39. The van der Waals surface area contributed by atoms with E-state index < -0.39 is 0 Å². The molecule has 1 aromatic carbocycles. The summed E-state index contributed by atoms with van der Waals surface area (Å²) in [7, 11) is 1.48. The van der Waals surface area contributed by atoms with E-state index in [0.717, 1.165) is 0 Å². The molecule has 0 amide bonds. The number of methoxy groups -OCH3 is 1. The average Bonchev–Trinajstić information content (AvgIpc) is 3.18. The molecule has 0 unspecified atom stereocenters. The summed E-state index contributed by atoms with van der Waals surface area (Å²) in [6.45, 7) is 0. The Balaban J connectivity index is 2.00. The van der Waals surface area contributed by atoms with Crippen LogP contribution in [0.4, 0.5) is 0 Å². The number of hydrogen-bond donors (Lipinski definition) is 2. The van der Waals surface area contributed by atoms with Gasteiger partial charge in [-0.1, -0.05) is 0 Å². The van der Waals surface area contributed by atoms with Gasteiger partial charge in [0.25, 0.3) is 0 Å². The van der Waals surface area contributed by atoms with Crippen LogP contribution in [0, 0.1) is 4.77 Å². The first kappa shape index (κ1) is 15.5. The fraction of sp³-hybridized carbons (Fsp3) is 0.0714. The van der Waals surface area contributed by atoms with Crippen molar-refractivity contribution in [2.45, 2.75) is 0 Å². The first-order chi connectivity index (χ1) is 11.1. The van der Waals surface area contributed by atoms with E-state index in [1.807, 2.05) is 0 Å². The Morgan fingerprint density at radius 3 is 3.04 bits per heavy atom. The van der Waals surface area contributed by atoms with Gasteiger partial charge in [0.1, 0.15) is 0 Å². The summed E-state index contributed by atoms with van der Waals surface area (Å²) in [6, 6.07) is 6.87. The van der Waals surface area contributed by atoms with Crippen molar-refractivity contribution >= 4 is 34.4 Å². The quantitative estimate of drug-likeness (QED) is 0.521. The van der Waals surface area contributed by atoms with E-state index in [2.05, 4.69) is 31.2 Å². The molecule has 0 aliphatic rings. The van der Waals surface area contributed by atoms with Gasteiger partial charge in [-0.15, -0.1) is 5.10 Å². The molecule has 2 heterocycles. The van der Waals surface area contributed by atoms with Crippen LogP contribution in [0.15, 0.2) is 44.5 Å². The monoisotopic (exact) mass is 394 g/mol. The maximum Gasteiger partial charge on any atom is 0.219 e. The summed E-state index contributed by atoms with van der Waals surface area (Å²) in [5.74, 6) is 1.36. The summed E-state index contributed by atoms with van der Waals surface area (Å²) in [4.78, 5) is 0. The van der Waals surface area contributed by atoms with Crippen LogP contribution in [-0.2, 0) is 0 Å². The summed E-state index contributed by atoms with van der Waals surface area (Å²) in [5.41, 5.74) is 0.708. The highest BCUT2D eigenvalue weighted by atomic mass is 79.9. The molecule has 0 spiro atoms. The number of benzene rings is 1. The fourth-order valence-corrected chi connectivity index (χ4v) is 2.55. The molecule has 9 heteroatoms. The van der Waals surface area contributed by atoms with E-state index in [4.69, 9.17) is 21.4 Å². The molecule has 0 saturated carbocycles. The number of nitrogens with zero attached hydrogens (tertiary/aromatic N) is 3. The van der Waals surface area contributed by atoms with Crippen molar-refractivity contribution in [1.82, 2.24) is 14.9 Å². The van der Waals surface area contributed by atoms with Crippen LogP contribution in [0.5, 0.6) is 11.5 Å². The van der Waals surface area contributed by atoms with Gasteiger partial charge in [-0.25, -0.2) is 5.10 Å². The number of H-pyrrole nitrogens is 1. The third kappa shape index (κ3) is 3.06. The highest BCUT2D eigenvalue weighted by Gasteiger charge is 2.11. The second kappa shape index (κ2) is 6.39. The highest BCUT2D eigenvalue weighted by Crippen LogP contribution is 2.34. The summed E-state index contributed by atoms with van der Waals surface area (Å²) in [6.07, 6.45) is 3.12. The van der Waals surface area contributed by atoms with E-state index >= 15 is 0 Å². The maximum atomic E-state index is 9.82. The number of rotatable bonds is 4. The van der Waals surface area contributed by atoms with Crippen molar-refractivity contribution in [1.29, 1.82) is 0 Å². The minimum absolute atomic E-state index is 0.0286. The van der Waals surface area contributed by atoms with Crippen molar-refractivity contribution in [3.8, 4) is 23.1 Å². The van der Waals surface area contributed by atoms with E-state index in [-0.39, 0.29) is 5.75 Å². The van der Waals surface area contributed by atoms with Gasteiger partial charge in [0, 0.05) is 0 Å². The zero-order valence-corrected chi connectivity index (χ0v) is 14.3. The van der Waals surface area contributed by atoms with Gasteiger partial charge in [0.15, 0.2) is 17.3 Å². The number of halogens is 1. The van der Waals surface area contributed by atoms with Crippen LogP contribution in [0.3, 0.4) is 0 Å². The van der Waals surface area contributed by atoms with Crippen LogP contribution in [-0.4, -0.2) is 33.3 Å². The van der Waals surface area contributed by atoms with Crippen LogP contribution >= 0.6 is 28.1 Å². The van der Waals surface area contributed by atoms with E-state index in [0.29, 0.717) is 32.1 Å². The van der Waals surface area contributed by atoms with Crippen molar-refractivity contribution in [3.63, 3.8) is 0 Å². The average molecular weight is 395 g/mol. The minimum atomic E-state index is 0.0286. The molecule has 0 fully saturated rings. The molecule has 0 radical (unpaired) electrons. The molecule has 23 heavy (non-hydrogen) atoms. The summed E-state index contributed by atoms with van der Waals surface area (Å²) in [5, 5.41) is 20.9. The van der Waals surface area contributed by atoms with Crippen LogP contribution in [0.25, 0.3) is 11.6 Å². The predicted octanol–water partition coefficient (Wildman–Crippen LogP) is 3.56. The lowest BCUT2D eigenvalue weighted by molar-refractivity contribution is 0.372. The molecule has 118 valence electrons. The van der Waals surface area contributed by atoms with Crippen LogP contribution < -0.4 is 4.74 Å². The molecular weight excluding hydrogens is 384 g/mol. The number of ether oxygens (including phenoxy) is 1. The largest absolute Gasteiger partial charge is 0.503 e. The van der Waals surface area contributed by atoms with Gasteiger partial charge in [-0.2, -0.15) is 9.78 Å². The minimum Gasteiger partial charge on any atom is -0.503 e. The van der Waals surface area contributed by atoms with Gasteiger partial charge >= 0.3 is 0 Å².